The number of rotatable bonds is 6. The number of methoxy groups -OCH3 is 1. The standard InChI is InChI=1S/C11H21N3O/c1-4-7-14-11(9(2)5-6-12)10(15-3)8-13-14/h8-9H,4-7,12H2,1-3H3. The maximum absolute atomic E-state index is 5.58. The SMILES string of the molecule is CCCn1ncc(OC)c1C(C)CCN. The van der Waals surface area contributed by atoms with Crippen molar-refractivity contribution < 1.29 is 4.74 Å². The van der Waals surface area contributed by atoms with Gasteiger partial charge in [0.15, 0.2) is 5.75 Å². The second-order valence-electron chi connectivity index (χ2n) is 3.80. The smallest absolute Gasteiger partial charge is 0.160 e. The van der Waals surface area contributed by atoms with Gasteiger partial charge in [0.05, 0.1) is 19.0 Å². The molecule has 0 spiro atoms. The van der Waals surface area contributed by atoms with Crippen LogP contribution in [0.15, 0.2) is 6.20 Å². The van der Waals surface area contributed by atoms with Crippen LogP contribution in [0.4, 0.5) is 0 Å². The van der Waals surface area contributed by atoms with Gasteiger partial charge in [-0.3, -0.25) is 4.68 Å². The number of ether oxygens (including phenoxy) is 1. The zero-order chi connectivity index (χ0) is 11.3. The molecule has 0 saturated heterocycles. The molecule has 0 aliphatic rings. The zero-order valence-corrected chi connectivity index (χ0v) is 9.86. The van der Waals surface area contributed by atoms with Gasteiger partial charge in [0.1, 0.15) is 0 Å². The van der Waals surface area contributed by atoms with Gasteiger partial charge in [-0.2, -0.15) is 5.10 Å². The van der Waals surface area contributed by atoms with Crippen molar-refractivity contribution in [2.24, 2.45) is 5.73 Å². The summed E-state index contributed by atoms with van der Waals surface area (Å²) in [6.07, 6.45) is 3.83. The van der Waals surface area contributed by atoms with Crippen LogP contribution in [-0.2, 0) is 6.54 Å². The first-order valence-corrected chi connectivity index (χ1v) is 5.54. The fourth-order valence-corrected chi connectivity index (χ4v) is 1.81. The first-order valence-electron chi connectivity index (χ1n) is 5.54. The Morgan fingerprint density at radius 2 is 2.33 bits per heavy atom. The molecule has 86 valence electrons. The van der Waals surface area contributed by atoms with Gasteiger partial charge in [0, 0.05) is 12.5 Å². The summed E-state index contributed by atoms with van der Waals surface area (Å²) in [5, 5.41) is 4.33. The molecule has 0 fully saturated rings. The summed E-state index contributed by atoms with van der Waals surface area (Å²) in [4.78, 5) is 0. The molecule has 0 saturated carbocycles. The van der Waals surface area contributed by atoms with Crippen molar-refractivity contribution >= 4 is 0 Å². The van der Waals surface area contributed by atoms with Crippen molar-refractivity contribution in [3.05, 3.63) is 11.9 Å². The van der Waals surface area contributed by atoms with Crippen LogP contribution in [0.1, 0.15) is 38.3 Å². The Hall–Kier alpha value is -1.03. The molecule has 1 rings (SSSR count). The van der Waals surface area contributed by atoms with Crippen LogP contribution in [0.25, 0.3) is 0 Å². The van der Waals surface area contributed by atoms with E-state index < -0.39 is 0 Å². The van der Waals surface area contributed by atoms with Crippen LogP contribution in [0.2, 0.25) is 0 Å². The van der Waals surface area contributed by atoms with E-state index in [0.29, 0.717) is 12.5 Å². The zero-order valence-electron chi connectivity index (χ0n) is 9.86. The lowest BCUT2D eigenvalue weighted by Gasteiger charge is -2.14. The molecule has 0 aromatic carbocycles. The van der Waals surface area contributed by atoms with Gasteiger partial charge in [-0.05, 0) is 19.4 Å². The number of nitrogens with zero attached hydrogens (tertiary/aromatic N) is 2. The molecule has 1 aromatic heterocycles. The summed E-state index contributed by atoms with van der Waals surface area (Å²) < 4.78 is 7.34. The molecular weight excluding hydrogens is 190 g/mol. The minimum absolute atomic E-state index is 0.402. The van der Waals surface area contributed by atoms with Crippen molar-refractivity contribution in [2.45, 2.75) is 39.2 Å². The van der Waals surface area contributed by atoms with Gasteiger partial charge < -0.3 is 10.5 Å². The van der Waals surface area contributed by atoms with Gasteiger partial charge in [-0.25, -0.2) is 0 Å². The van der Waals surface area contributed by atoms with E-state index in [0.717, 1.165) is 25.1 Å². The normalized spacial score (nSPS) is 12.8. The van der Waals surface area contributed by atoms with Crippen molar-refractivity contribution in [2.75, 3.05) is 13.7 Å². The lowest BCUT2D eigenvalue weighted by molar-refractivity contribution is 0.400. The average molecular weight is 211 g/mol. The maximum Gasteiger partial charge on any atom is 0.160 e. The fraction of sp³-hybridized carbons (Fsp3) is 0.727. The third-order valence-corrected chi connectivity index (χ3v) is 2.57. The molecule has 1 atom stereocenters. The largest absolute Gasteiger partial charge is 0.493 e. The van der Waals surface area contributed by atoms with Crippen LogP contribution in [0, 0.1) is 0 Å². The van der Waals surface area contributed by atoms with Crippen LogP contribution < -0.4 is 10.5 Å². The van der Waals surface area contributed by atoms with E-state index >= 15 is 0 Å². The molecule has 0 aliphatic carbocycles. The molecule has 1 aromatic rings. The molecule has 1 heterocycles. The van der Waals surface area contributed by atoms with Crippen molar-refractivity contribution in [1.29, 1.82) is 0 Å². The second-order valence-corrected chi connectivity index (χ2v) is 3.80. The Bertz CT molecular complexity index is 296. The number of aromatic nitrogens is 2. The van der Waals surface area contributed by atoms with Gasteiger partial charge >= 0.3 is 0 Å². The summed E-state index contributed by atoms with van der Waals surface area (Å²) in [5.41, 5.74) is 6.75. The number of hydrogen-bond acceptors (Lipinski definition) is 3. The molecule has 4 heteroatoms. The molecule has 0 aliphatic heterocycles. The van der Waals surface area contributed by atoms with E-state index in [1.54, 1.807) is 13.3 Å². The molecule has 0 amide bonds. The van der Waals surface area contributed by atoms with Crippen LogP contribution in [0.5, 0.6) is 5.75 Å². The molecule has 0 bridgehead atoms. The highest BCUT2D eigenvalue weighted by atomic mass is 16.5. The van der Waals surface area contributed by atoms with E-state index in [2.05, 4.69) is 18.9 Å². The highest BCUT2D eigenvalue weighted by Crippen LogP contribution is 2.28. The van der Waals surface area contributed by atoms with Gasteiger partial charge in [-0.1, -0.05) is 13.8 Å². The first-order chi connectivity index (χ1) is 7.24. The van der Waals surface area contributed by atoms with Crippen LogP contribution in [-0.4, -0.2) is 23.4 Å². The van der Waals surface area contributed by atoms with E-state index in [9.17, 15) is 0 Å². The number of hydrogen-bond donors (Lipinski definition) is 1. The highest BCUT2D eigenvalue weighted by molar-refractivity contribution is 5.28. The lowest BCUT2D eigenvalue weighted by atomic mass is 10.0. The Morgan fingerprint density at radius 1 is 1.60 bits per heavy atom. The summed E-state index contributed by atoms with van der Waals surface area (Å²) in [6, 6.07) is 0. The molecule has 1 unspecified atom stereocenters. The Labute approximate surface area is 91.4 Å². The Balaban J connectivity index is 2.93. The quantitative estimate of drug-likeness (QED) is 0.780. The van der Waals surface area contributed by atoms with E-state index in [1.165, 1.54) is 5.69 Å². The van der Waals surface area contributed by atoms with E-state index in [4.69, 9.17) is 10.5 Å². The Morgan fingerprint density at radius 3 is 2.87 bits per heavy atom. The van der Waals surface area contributed by atoms with Crippen molar-refractivity contribution in [3.63, 3.8) is 0 Å². The topological polar surface area (TPSA) is 53.1 Å². The lowest BCUT2D eigenvalue weighted by Crippen LogP contribution is -2.11. The van der Waals surface area contributed by atoms with Crippen molar-refractivity contribution in [1.82, 2.24) is 9.78 Å². The molecule has 2 N–H and O–H groups in total. The summed E-state index contributed by atoms with van der Waals surface area (Å²) in [6.45, 7) is 5.94. The monoisotopic (exact) mass is 211 g/mol. The summed E-state index contributed by atoms with van der Waals surface area (Å²) in [5.74, 6) is 1.28. The predicted molar refractivity (Wildman–Crippen MR) is 61.2 cm³/mol. The first kappa shape index (κ1) is 12.0. The van der Waals surface area contributed by atoms with Gasteiger partial charge in [0.2, 0.25) is 0 Å². The van der Waals surface area contributed by atoms with Crippen LogP contribution in [0.3, 0.4) is 0 Å². The minimum atomic E-state index is 0.402. The molecule has 0 radical (unpaired) electrons. The predicted octanol–water partition coefficient (Wildman–Crippen LogP) is 1.75. The molecule has 4 nitrogen and oxygen atoms in total. The van der Waals surface area contributed by atoms with Crippen LogP contribution >= 0.6 is 0 Å². The third-order valence-electron chi connectivity index (χ3n) is 2.57. The van der Waals surface area contributed by atoms with Gasteiger partial charge in [0.25, 0.3) is 0 Å². The number of nitrogens with two attached hydrogens (primary N) is 1. The number of aryl methyl sites for hydroxylation is 1. The average Bonchev–Trinajstić information content (AvgIpc) is 2.62. The van der Waals surface area contributed by atoms with E-state index in [-0.39, 0.29) is 0 Å². The molecular formula is C11H21N3O. The third kappa shape index (κ3) is 2.72. The maximum atomic E-state index is 5.58. The van der Waals surface area contributed by atoms with E-state index in [1.807, 2.05) is 4.68 Å². The van der Waals surface area contributed by atoms with Crippen molar-refractivity contribution in [3.8, 4) is 5.75 Å². The summed E-state index contributed by atoms with van der Waals surface area (Å²) >= 11 is 0. The Kier molecular flexibility index (Phi) is 4.62. The van der Waals surface area contributed by atoms with Gasteiger partial charge in [-0.15, -0.1) is 0 Å². The second kappa shape index (κ2) is 5.75. The fourth-order valence-electron chi connectivity index (χ4n) is 1.81. The molecule has 15 heavy (non-hydrogen) atoms. The minimum Gasteiger partial charge on any atom is -0.493 e. The summed E-state index contributed by atoms with van der Waals surface area (Å²) in [7, 11) is 1.69. The highest BCUT2D eigenvalue weighted by Gasteiger charge is 2.16.